The fraction of sp³-hybridized carbons (Fsp3) is 0.889. The number of hydrogen-bond acceptors (Lipinski definition) is 2. The third kappa shape index (κ3) is 10.0. The van der Waals surface area contributed by atoms with Gasteiger partial charge in [0.05, 0.1) is 0 Å². The molecular weight excluding hydrogens is 225 g/mol. The predicted molar refractivity (Wildman–Crippen MR) is 61.2 cm³/mol. The maximum absolute atomic E-state index is 4.99. The van der Waals surface area contributed by atoms with Crippen molar-refractivity contribution in [3.05, 3.63) is 0 Å². The van der Waals surface area contributed by atoms with Crippen molar-refractivity contribution in [3.8, 4) is 0 Å². The van der Waals surface area contributed by atoms with Crippen LogP contribution in [0.2, 0.25) is 0 Å². The minimum Gasteiger partial charge on any atom is -0.411 e. The Balaban J connectivity index is 0. The molecule has 0 amide bonds. The molecule has 72 valence electrons. The van der Waals surface area contributed by atoms with E-state index in [9.17, 15) is 0 Å². The van der Waals surface area contributed by atoms with Gasteiger partial charge >= 0.3 is 51.4 Å². The van der Waals surface area contributed by atoms with E-state index in [-0.39, 0.29) is 51.4 Å². The summed E-state index contributed by atoms with van der Waals surface area (Å²) in [5.41, 5.74) is 0. The molecule has 0 aliphatic carbocycles. The molecule has 0 aliphatic heterocycles. The van der Waals surface area contributed by atoms with Crippen molar-refractivity contribution in [1.82, 2.24) is 4.90 Å². The summed E-state index contributed by atoms with van der Waals surface area (Å²) in [5.74, 6) is 1.26. The minimum absolute atomic E-state index is 0. The van der Waals surface area contributed by atoms with E-state index in [1.54, 1.807) is 0 Å². The predicted octanol–water partition coefficient (Wildman–Crippen LogP) is -0.564. The first-order valence-electron chi connectivity index (χ1n) is 4.39. The number of rotatable bonds is 4. The topological polar surface area (TPSA) is 3.24 Å². The largest absolute Gasteiger partial charge is 1.00 e. The van der Waals surface area contributed by atoms with Crippen molar-refractivity contribution in [2.45, 2.75) is 27.7 Å². The maximum atomic E-state index is 4.99. The van der Waals surface area contributed by atoms with Crippen LogP contribution >= 0.6 is 12.2 Å². The fourth-order valence-corrected chi connectivity index (χ4v) is 1.40. The van der Waals surface area contributed by atoms with Gasteiger partial charge in [-0.3, -0.25) is 0 Å². The Morgan fingerprint density at radius 3 is 1.62 bits per heavy atom. The van der Waals surface area contributed by atoms with Gasteiger partial charge in [-0.25, -0.2) is 0 Å². The number of nitrogens with zero attached hydrogens (tertiary/aromatic N) is 1. The fourth-order valence-electron chi connectivity index (χ4n) is 1.11. The second kappa shape index (κ2) is 9.01. The third-order valence-corrected chi connectivity index (χ3v) is 1.95. The molecule has 0 rings (SSSR count). The van der Waals surface area contributed by atoms with Gasteiger partial charge in [-0.15, -0.1) is 0 Å². The van der Waals surface area contributed by atoms with E-state index in [1.165, 1.54) is 0 Å². The van der Waals surface area contributed by atoms with Gasteiger partial charge in [-0.2, -0.15) is 0 Å². The van der Waals surface area contributed by atoms with Crippen LogP contribution in [0.5, 0.6) is 0 Å². The Labute approximate surface area is 136 Å². The molecule has 4 heteroatoms. The van der Waals surface area contributed by atoms with Crippen molar-refractivity contribution in [3.63, 3.8) is 0 Å². The molecule has 0 saturated heterocycles. The summed E-state index contributed by atoms with van der Waals surface area (Å²) in [6, 6.07) is 0. The van der Waals surface area contributed by atoms with Crippen LogP contribution in [0, 0.1) is 11.8 Å². The summed E-state index contributed by atoms with van der Waals surface area (Å²) in [5, 5.41) is 0. The van der Waals surface area contributed by atoms with Crippen LogP contribution in [-0.4, -0.2) is 22.3 Å². The zero-order chi connectivity index (χ0) is 9.72. The quantitative estimate of drug-likeness (QED) is 0.370. The zero-order valence-corrected chi connectivity index (χ0v) is 14.1. The molecule has 0 saturated carbocycles. The average molecular weight is 243 g/mol. The maximum Gasteiger partial charge on any atom is 1.00 e. The minimum atomic E-state index is 0. The van der Waals surface area contributed by atoms with Gasteiger partial charge in [0.25, 0.3) is 0 Å². The molecule has 1 nitrogen and oxygen atoms in total. The van der Waals surface area contributed by atoms with Crippen molar-refractivity contribution in [1.29, 1.82) is 0 Å². The van der Waals surface area contributed by atoms with Crippen molar-refractivity contribution in [2.24, 2.45) is 11.8 Å². The Morgan fingerprint density at radius 1 is 1.15 bits per heavy atom. The molecule has 0 spiro atoms. The molecule has 0 radical (unpaired) electrons. The molecule has 0 aromatic heterocycles. The zero-order valence-electron chi connectivity index (χ0n) is 9.33. The Kier molecular flexibility index (Phi) is 11.9. The van der Waals surface area contributed by atoms with Crippen LogP contribution in [0.3, 0.4) is 0 Å². The molecule has 0 atom stereocenters. The van der Waals surface area contributed by atoms with E-state index in [2.05, 4.69) is 32.6 Å². The smallest absolute Gasteiger partial charge is 0.411 e. The average Bonchev–Trinajstić information content (AvgIpc) is 1.83. The molecule has 0 unspecified atom stereocenters. The van der Waals surface area contributed by atoms with E-state index in [0.717, 1.165) is 13.1 Å². The summed E-state index contributed by atoms with van der Waals surface area (Å²) in [6.45, 7) is 10.7. The molecular formula is C9H18KNS2. The van der Waals surface area contributed by atoms with Crippen LogP contribution in [-0.2, 0) is 12.6 Å². The van der Waals surface area contributed by atoms with Crippen LogP contribution in [0.15, 0.2) is 0 Å². The molecule has 0 N–H and O–H groups in total. The molecule has 0 aromatic carbocycles. The van der Waals surface area contributed by atoms with Gasteiger partial charge in [0.1, 0.15) is 0 Å². The number of hydrogen-bond donors (Lipinski definition) is 0. The van der Waals surface area contributed by atoms with Crippen LogP contribution < -0.4 is 51.4 Å². The summed E-state index contributed by atoms with van der Waals surface area (Å²) in [7, 11) is 0. The molecule has 0 aromatic rings. The van der Waals surface area contributed by atoms with E-state index < -0.39 is 0 Å². The van der Waals surface area contributed by atoms with Crippen molar-refractivity contribution < 1.29 is 51.4 Å². The molecule has 0 aliphatic rings. The summed E-state index contributed by atoms with van der Waals surface area (Å²) in [4.78, 5) is 2.11. The van der Waals surface area contributed by atoms with Gasteiger partial charge < -0.3 is 29.7 Å². The Bertz CT molecular complexity index is 139. The van der Waals surface area contributed by atoms with Gasteiger partial charge in [0.2, 0.25) is 0 Å². The van der Waals surface area contributed by atoms with Crippen LogP contribution in [0.1, 0.15) is 27.7 Å². The summed E-state index contributed by atoms with van der Waals surface area (Å²) >= 11 is 9.99. The first-order chi connectivity index (χ1) is 5.43. The van der Waals surface area contributed by atoms with Gasteiger partial charge in [0, 0.05) is 13.1 Å². The van der Waals surface area contributed by atoms with E-state index in [1.807, 2.05) is 0 Å². The summed E-state index contributed by atoms with van der Waals surface area (Å²) in [6.07, 6.45) is 0. The molecule has 0 bridgehead atoms. The van der Waals surface area contributed by atoms with E-state index >= 15 is 0 Å². The number of thiocarbonyl (C=S) groups is 1. The Hall–Kier alpha value is 1.75. The monoisotopic (exact) mass is 243 g/mol. The second-order valence-electron chi connectivity index (χ2n) is 3.96. The van der Waals surface area contributed by atoms with E-state index in [4.69, 9.17) is 24.8 Å². The van der Waals surface area contributed by atoms with Crippen molar-refractivity contribution in [2.75, 3.05) is 13.1 Å². The SMILES string of the molecule is CC(C)CN(CC(C)C)C(=S)[S-].[K+]. The third-order valence-electron chi connectivity index (χ3n) is 1.43. The van der Waals surface area contributed by atoms with Crippen LogP contribution in [0.4, 0.5) is 0 Å². The van der Waals surface area contributed by atoms with E-state index in [0.29, 0.717) is 16.2 Å². The van der Waals surface area contributed by atoms with Gasteiger partial charge in [0.15, 0.2) is 0 Å². The molecule has 0 fully saturated rings. The standard InChI is InChI=1S/C9H19NS2.K/c1-7(2)5-10(9(11)12)6-8(3)4;/h7-8H,5-6H2,1-4H3,(H,11,12);/q;+1/p-1. The second-order valence-corrected chi connectivity index (χ2v) is 4.99. The van der Waals surface area contributed by atoms with Crippen LogP contribution in [0.25, 0.3) is 0 Å². The normalized spacial score (nSPS) is 10.0. The van der Waals surface area contributed by atoms with Gasteiger partial charge in [-0.1, -0.05) is 32.0 Å². The van der Waals surface area contributed by atoms with Gasteiger partial charge in [-0.05, 0) is 11.8 Å². The first-order valence-corrected chi connectivity index (χ1v) is 5.21. The summed E-state index contributed by atoms with van der Waals surface area (Å²) < 4.78 is 0.609. The molecule has 0 heterocycles. The molecule has 13 heavy (non-hydrogen) atoms. The first kappa shape index (κ1) is 17.2. The van der Waals surface area contributed by atoms with Crippen molar-refractivity contribution >= 4 is 29.2 Å². The Morgan fingerprint density at radius 2 is 1.46 bits per heavy atom.